The number of rotatable bonds is 2. The van der Waals surface area contributed by atoms with Gasteiger partial charge in [0.2, 0.25) is 0 Å². The largest absolute Gasteiger partial charge is 0.497 e. The Morgan fingerprint density at radius 1 is 1.14 bits per heavy atom. The summed E-state index contributed by atoms with van der Waals surface area (Å²) in [5.41, 5.74) is 5.46. The lowest BCUT2D eigenvalue weighted by molar-refractivity contribution is 0.415. The predicted octanol–water partition coefficient (Wildman–Crippen LogP) is 5.08. The number of hydrogen-bond donors (Lipinski definition) is 1. The topological polar surface area (TPSA) is 29.9 Å². The Bertz CT molecular complexity index is 872. The van der Waals surface area contributed by atoms with Gasteiger partial charge in [0.1, 0.15) is 5.75 Å². The quantitative estimate of drug-likeness (QED) is 0.644. The Hall–Kier alpha value is -1.59. The fourth-order valence-corrected chi connectivity index (χ4v) is 3.07. The summed E-state index contributed by atoms with van der Waals surface area (Å²) >= 11 is 9.09. The van der Waals surface area contributed by atoms with Gasteiger partial charge in [0, 0.05) is 16.2 Å². The molecule has 0 radical (unpaired) electrons. The van der Waals surface area contributed by atoms with Crippen LogP contribution in [0.4, 0.5) is 0 Å². The second-order valence-electron chi connectivity index (χ2n) is 5.04. The Morgan fingerprint density at radius 3 is 2.43 bits per heavy atom. The summed E-state index contributed by atoms with van der Waals surface area (Å²) in [5.74, 6) is 0.814. The van der Waals surface area contributed by atoms with E-state index in [1.807, 2.05) is 18.2 Å². The number of aromatic nitrogens is 2. The summed E-state index contributed by atoms with van der Waals surface area (Å²) < 4.78 is 9.13. The number of nitrogens with zero attached hydrogens (tertiary/aromatic N) is 1. The van der Waals surface area contributed by atoms with Crippen LogP contribution in [0.25, 0.3) is 16.7 Å². The number of hydrogen-bond acceptors (Lipinski definition) is 2. The SMILES string of the molecule is COc1ccc2c(c1)[nH]c(=S)n2-c1cc(C)c(Br)c(C)c1. The van der Waals surface area contributed by atoms with E-state index in [0.29, 0.717) is 4.77 Å². The molecule has 108 valence electrons. The molecule has 21 heavy (non-hydrogen) atoms. The van der Waals surface area contributed by atoms with Gasteiger partial charge in [-0.1, -0.05) is 15.9 Å². The number of nitrogens with one attached hydrogen (secondary N) is 1. The first-order chi connectivity index (χ1) is 10.0. The van der Waals surface area contributed by atoms with E-state index in [4.69, 9.17) is 17.0 Å². The Balaban J connectivity index is 2.30. The molecule has 1 N–H and O–H groups in total. The highest BCUT2D eigenvalue weighted by molar-refractivity contribution is 9.10. The third kappa shape index (κ3) is 2.40. The van der Waals surface area contributed by atoms with E-state index in [-0.39, 0.29) is 0 Å². The maximum absolute atomic E-state index is 5.49. The molecule has 0 aliphatic rings. The van der Waals surface area contributed by atoms with Crippen LogP contribution in [0.3, 0.4) is 0 Å². The van der Waals surface area contributed by atoms with Gasteiger partial charge in [0.25, 0.3) is 0 Å². The number of H-pyrrole nitrogens is 1. The molecule has 0 aliphatic heterocycles. The van der Waals surface area contributed by atoms with E-state index < -0.39 is 0 Å². The molecule has 1 heterocycles. The third-order valence-electron chi connectivity index (χ3n) is 3.57. The molecule has 0 fully saturated rings. The molecule has 5 heteroatoms. The molecule has 0 saturated heterocycles. The van der Waals surface area contributed by atoms with Gasteiger partial charge in [-0.15, -0.1) is 0 Å². The molecule has 0 atom stereocenters. The van der Waals surface area contributed by atoms with Gasteiger partial charge in [-0.3, -0.25) is 4.57 Å². The van der Waals surface area contributed by atoms with Crippen molar-refractivity contribution in [3.8, 4) is 11.4 Å². The summed E-state index contributed by atoms with van der Waals surface area (Å²) in [6.45, 7) is 4.17. The number of methoxy groups -OCH3 is 1. The zero-order valence-electron chi connectivity index (χ0n) is 12.0. The Kier molecular flexibility index (Phi) is 3.63. The number of imidazole rings is 1. The minimum Gasteiger partial charge on any atom is -0.497 e. The molecule has 3 aromatic rings. The highest BCUT2D eigenvalue weighted by Gasteiger charge is 2.10. The lowest BCUT2D eigenvalue weighted by Gasteiger charge is -2.10. The lowest BCUT2D eigenvalue weighted by Crippen LogP contribution is -1.96. The highest BCUT2D eigenvalue weighted by Crippen LogP contribution is 2.28. The monoisotopic (exact) mass is 362 g/mol. The molecule has 0 amide bonds. The molecule has 3 rings (SSSR count). The second kappa shape index (κ2) is 5.31. The normalized spacial score (nSPS) is 11.0. The van der Waals surface area contributed by atoms with Gasteiger partial charge in [0.05, 0.1) is 18.1 Å². The molecule has 0 saturated carbocycles. The van der Waals surface area contributed by atoms with Crippen LogP contribution in [0, 0.1) is 18.6 Å². The van der Waals surface area contributed by atoms with Gasteiger partial charge in [-0.05, 0) is 61.5 Å². The van der Waals surface area contributed by atoms with Crippen LogP contribution in [-0.2, 0) is 0 Å². The maximum atomic E-state index is 5.49. The first-order valence-corrected chi connectivity index (χ1v) is 7.77. The van der Waals surface area contributed by atoms with Crippen LogP contribution >= 0.6 is 28.1 Å². The van der Waals surface area contributed by atoms with Crippen molar-refractivity contribution >= 4 is 39.2 Å². The summed E-state index contributed by atoms with van der Waals surface area (Å²) in [6.07, 6.45) is 0. The molecule has 2 aromatic carbocycles. The molecule has 0 unspecified atom stereocenters. The number of benzene rings is 2. The van der Waals surface area contributed by atoms with Crippen molar-refractivity contribution in [2.45, 2.75) is 13.8 Å². The average Bonchev–Trinajstić information content (AvgIpc) is 2.78. The number of fused-ring (bicyclic) bond motifs is 1. The van der Waals surface area contributed by atoms with Crippen molar-refractivity contribution in [1.82, 2.24) is 9.55 Å². The average molecular weight is 363 g/mol. The van der Waals surface area contributed by atoms with Gasteiger partial charge < -0.3 is 9.72 Å². The van der Waals surface area contributed by atoms with E-state index in [0.717, 1.165) is 26.9 Å². The molecule has 0 spiro atoms. The van der Waals surface area contributed by atoms with Crippen LogP contribution in [0.1, 0.15) is 11.1 Å². The molecular formula is C16H15BrN2OS. The van der Waals surface area contributed by atoms with Gasteiger partial charge in [0.15, 0.2) is 4.77 Å². The minimum atomic E-state index is 0.680. The number of aryl methyl sites for hydroxylation is 2. The first-order valence-electron chi connectivity index (χ1n) is 6.57. The summed E-state index contributed by atoms with van der Waals surface area (Å²) in [7, 11) is 1.66. The van der Waals surface area contributed by atoms with Crippen molar-refractivity contribution in [3.63, 3.8) is 0 Å². The molecule has 3 nitrogen and oxygen atoms in total. The Morgan fingerprint density at radius 2 is 1.81 bits per heavy atom. The van der Waals surface area contributed by atoms with Crippen LogP contribution < -0.4 is 4.74 Å². The van der Waals surface area contributed by atoms with Crippen molar-refractivity contribution in [3.05, 3.63) is 50.7 Å². The summed E-state index contributed by atoms with van der Waals surface area (Å²) in [5, 5.41) is 0. The van der Waals surface area contributed by atoms with Crippen molar-refractivity contribution < 1.29 is 4.74 Å². The number of halogens is 1. The van der Waals surface area contributed by atoms with Gasteiger partial charge in [-0.2, -0.15) is 0 Å². The summed E-state index contributed by atoms with van der Waals surface area (Å²) in [6, 6.07) is 10.2. The van der Waals surface area contributed by atoms with Crippen LogP contribution in [-0.4, -0.2) is 16.7 Å². The van der Waals surface area contributed by atoms with E-state index in [1.165, 1.54) is 11.1 Å². The fraction of sp³-hybridized carbons (Fsp3) is 0.188. The van der Waals surface area contributed by atoms with Crippen LogP contribution in [0.5, 0.6) is 5.75 Å². The highest BCUT2D eigenvalue weighted by atomic mass is 79.9. The molecule has 1 aromatic heterocycles. The van der Waals surface area contributed by atoms with Crippen LogP contribution in [0.15, 0.2) is 34.8 Å². The predicted molar refractivity (Wildman–Crippen MR) is 92.2 cm³/mol. The van der Waals surface area contributed by atoms with E-state index in [2.05, 4.69) is 51.5 Å². The Labute approximate surface area is 136 Å². The standard InChI is InChI=1S/C16H15BrN2OS/c1-9-6-11(7-10(2)15(9)17)19-14-5-4-12(20-3)8-13(14)18-16(19)21/h4-8H,1-3H3,(H,18,21). The van der Waals surface area contributed by atoms with Gasteiger partial charge in [-0.25, -0.2) is 0 Å². The fourth-order valence-electron chi connectivity index (χ4n) is 2.53. The number of ether oxygens (including phenoxy) is 1. The maximum Gasteiger partial charge on any atom is 0.182 e. The second-order valence-corrected chi connectivity index (χ2v) is 6.22. The zero-order chi connectivity index (χ0) is 15.1. The van der Waals surface area contributed by atoms with E-state index >= 15 is 0 Å². The zero-order valence-corrected chi connectivity index (χ0v) is 14.4. The molecule has 0 aliphatic carbocycles. The third-order valence-corrected chi connectivity index (χ3v) is 5.10. The molecular weight excluding hydrogens is 348 g/mol. The van der Waals surface area contributed by atoms with Crippen molar-refractivity contribution in [2.75, 3.05) is 7.11 Å². The van der Waals surface area contributed by atoms with Crippen molar-refractivity contribution in [1.29, 1.82) is 0 Å². The molecule has 0 bridgehead atoms. The van der Waals surface area contributed by atoms with Gasteiger partial charge >= 0.3 is 0 Å². The first kappa shape index (κ1) is 14.4. The van der Waals surface area contributed by atoms with E-state index in [9.17, 15) is 0 Å². The number of aromatic amines is 1. The van der Waals surface area contributed by atoms with E-state index in [1.54, 1.807) is 7.11 Å². The lowest BCUT2D eigenvalue weighted by atomic mass is 10.1. The van der Waals surface area contributed by atoms with Crippen LogP contribution in [0.2, 0.25) is 0 Å². The summed E-state index contributed by atoms with van der Waals surface area (Å²) in [4.78, 5) is 3.24. The smallest absolute Gasteiger partial charge is 0.182 e. The minimum absolute atomic E-state index is 0.680. The van der Waals surface area contributed by atoms with Crippen molar-refractivity contribution in [2.24, 2.45) is 0 Å².